The lowest BCUT2D eigenvalue weighted by Gasteiger charge is -2.22. The highest BCUT2D eigenvalue weighted by Gasteiger charge is 2.27. The van der Waals surface area contributed by atoms with E-state index in [1.54, 1.807) is 13.0 Å². The lowest BCUT2D eigenvalue weighted by Crippen LogP contribution is -2.39. The van der Waals surface area contributed by atoms with Crippen molar-refractivity contribution in [1.82, 2.24) is 4.31 Å². The van der Waals surface area contributed by atoms with Crippen molar-refractivity contribution in [2.24, 2.45) is 0 Å². The molecule has 0 radical (unpaired) electrons. The van der Waals surface area contributed by atoms with Gasteiger partial charge in [0, 0.05) is 12.2 Å². The van der Waals surface area contributed by atoms with Gasteiger partial charge >= 0.3 is 0 Å². The molecule has 0 bridgehead atoms. The standard InChI is InChI=1S/C24H25FN2O4S/c1-18-15-22(11-12-23(18)31-2)32(29,30)27(14-13-19-7-4-3-5-8-19)17-24(28)26-21-10-6-9-20(25)16-21/h3-12,15-16H,13-14,17H2,1-2H3,(H,26,28). The van der Waals surface area contributed by atoms with Crippen molar-refractivity contribution in [3.8, 4) is 5.75 Å². The molecule has 6 nitrogen and oxygen atoms in total. The Kier molecular flexibility index (Phi) is 7.61. The molecule has 0 fully saturated rings. The maximum atomic E-state index is 13.4. The smallest absolute Gasteiger partial charge is 0.243 e. The summed E-state index contributed by atoms with van der Waals surface area (Å²) in [6.07, 6.45) is 0.433. The summed E-state index contributed by atoms with van der Waals surface area (Å²) in [6.45, 7) is 1.45. The number of methoxy groups -OCH3 is 1. The molecule has 0 saturated carbocycles. The molecule has 3 aromatic rings. The summed E-state index contributed by atoms with van der Waals surface area (Å²) in [5.41, 5.74) is 1.88. The van der Waals surface area contributed by atoms with Crippen LogP contribution in [0.3, 0.4) is 0 Å². The molecule has 0 aliphatic carbocycles. The Labute approximate surface area is 187 Å². The first-order valence-electron chi connectivity index (χ1n) is 10.0. The van der Waals surface area contributed by atoms with E-state index in [-0.39, 0.29) is 17.1 Å². The zero-order valence-electron chi connectivity index (χ0n) is 17.9. The Morgan fingerprint density at radius 3 is 2.44 bits per heavy atom. The molecule has 0 aliphatic heterocycles. The maximum Gasteiger partial charge on any atom is 0.243 e. The summed E-state index contributed by atoms with van der Waals surface area (Å²) in [4.78, 5) is 12.7. The maximum absolute atomic E-state index is 13.4. The van der Waals surface area contributed by atoms with Crippen molar-refractivity contribution in [3.05, 3.63) is 89.7 Å². The quantitative estimate of drug-likeness (QED) is 0.528. The van der Waals surface area contributed by atoms with Crippen LogP contribution in [0.4, 0.5) is 10.1 Å². The summed E-state index contributed by atoms with van der Waals surface area (Å²) in [7, 11) is -2.46. The Balaban J connectivity index is 1.85. The average Bonchev–Trinajstić information content (AvgIpc) is 2.77. The molecule has 1 N–H and O–H groups in total. The van der Waals surface area contributed by atoms with Gasteiger partial charge in [0.05, 0.1) is 18.6 Å². The third-order valence-electron chi connectivity index (χ3n) is 4.93. The second-order valence-electron chi connectivity index (χ2n) is 7.26. The van der Waals surface area contributed by atoms with Gasteiger partial charge in [-0.1, -0.05) is 36.4 Å². The third kappa shape index (κ3) is 5.93. The van der Waals surface area contributed by atoms with Gasteiger partial charge < -0.3 is 10.1 Å². The van der Waals surface area contributed by atoms with Crippen molar-refractivity contribution in [2.45, 2.75) is 18.2 Å². The SMILES string of the molecule is COc1ccc(S(=O)(=O)N(CCc2ccccc2)CC(=O)Nc2cccc(F)c2)cc1C. The summed E-state index contributed by atoms with van der Waals surface area (Å²) < 4.78 is 46.6. The lowest BCUT2D eigenvalue weighted by molar-refractivity contribution is -0.116. The third-order valence-corrected chi connectivity index (χ3v) is 6.77. The van der Waals surface area contributed by atoms with E-state index in [9.17, 15) is 17.6 Å². The molecule has 1 amide bonds. The van der Waals surface area contributed by atoms with E-state index >= 15 is 0 Å². The van der Waals surface area contributed by atoms with Crippen LogP contribution in [0.1, 0.15) is 11.1 Å². The molecule has 3 rings (SSSR count). The summed E-state index contributed by atoms with van der Waals surface area (Å²) >= 11 is 0. The van der Waals surface area contributed by atoms with Crippen molar-refractivity contribution in [1.29, 1.82) is 0 Å². The van der Waals surface area contributed by atoms with Gasteiger partial charge in [0.15, 0.2) is 0 Å². The second kappa shape index (κ2) is 10.4. The highest BCUT2D eigenvalue weighted by Crippen LogP contribution is 2.24. The highest BCUT2D eigenvalue weighted by molar-refractivity contribution is 7.89. The van der Waals surface area contributed by atoms with Crippen LogP contribution in [-0.2, 0) is 21.2 Å². The molecule has 0 atom stereocenters. The molecule has 168 valence electrons. The predicted octanol–water partition coefficient (Wildman–Crippen LogP) is 4.01. The predicted molar refractivity (Wildman–Crippen MR) is 122 cm³/mol. The fraction of sp³-hybridized carbons (Fsp3) is 0.208. The Bertz CT molecular complexity index is 1180. The molecule has 0 heterocycles. The number of carbonyl (C=O) groups is 1. The minimum absolute atomic E-state index is 0.0717. The van der Waals surface area contributed by atoms with Crippen LogP contribution in [-0.4, -0.2) is 38.8 Å². The molecule has 0 unspecified atom stereocenters. The second-order valence-corrected chi connectivity index (χ2v) is 9.20. The molecular formula is C24H25FN2O4S. The zero-order valence-corrected chi connectivity index (χ0v) is 18.7. The van der Waals surface area contributed by atoms with Gasteiger partial charge in [0.2, 0.25) is 15.9 Å². The van der Waals surface area contributed by atoms with Gasteiger partial charge in [0.1, 0.15) is 11.6 Å². The number of rotatable bonds is 9. The topological polar surface area (TPSA) is 75.7 Å². The van der Waals surface area contributed by atoms with Crippen LogP contribution in [0, 0.1) is 12.7 Å². The van der Waals surface area contributed by atoms with E-state index in [2.05, 4.69) is 5.32 Å². The number of sulfonamides is 1. The van der Waals surface area contributed by atoms with E-state index in [4.69, 9.17) is 4.74 Å². The first kappa shape index (κ1) is 23.4. The molecule has 3 aromatic carbocycles. The lowest BCUT2D eigenvalue weighted by atomic mass is 10.1. The minimum atomic E-state index is -3.97. The van der Waals surface area contributed by atoms with Crippen LogP contribution in [0.25, 0.3) is 0 Å². The van der Waals surface area contributed by atoms with Gasteiger partial charge in [-0.3, -0.25) is 4.79 Å². The van der Waals surface area contributed by atoms with Gasteiger partial charge in [-0.25, -0.2) is 12.8 Å². The van der Waals surface area contributed by atoms with Crippen LogP contribution in [0.15, 0.2) is 77.7 Å². The van der Waals surface area contributed by atoms with E-state index in [1.165, 1.54) is 43.5 Å². The van der Waals surface area contributed by atoms with Crippen LogP contribution >= 0.6 is 0 Å². The number of ether oxygens (including phenoxy) is 1. The highest BCUT2D eigenvalue weighted by atomic mass is 32.2. The molecular weight excluding hydrogens is 431 g/mol. The first-order valence-corrected chi connectivity index (χ1v) is 11.5. The Morgan fingerprint density at radius 2 is 1.78 bits per heavy atom. The number of amides is 1. The largest absolute Gasteiger partial charge is 0.496 e. The monoisotopic (exact) mass is 456 g/mol. The number of aryl methyl sites for hydroxylation is 1. The molecule has 8 heteroatoms. The van der Waals surface area contributed by atoms with Gasteiger partial charge in [-0.2, -0.15) is 4.31 Å². The van der Waals surface area contributed by atoms with Gasteiger partial charge in [-0.05, 0) is 60.9 Å². The normalized spacial score (nSPS) is 11.4. The molecule has 0 spiro atoms. The van der Waals surface area contributed by atoms with Crippen molar-refractivity contribution in [2.75, 3.05) is 25.5 Å². The summed E-state index contributed by atoms with van der Waals surface area (Å²) in [5, 5.41) is 2.56. The summed E-state index contributed by atoms with van der Waals surface area (Å²) in [5.74, 6) is -0.480. The zero-order chi connectivity index (χ0) is 23.1. The number of nitrogens with one attached hydrogen (secondary N) is 1. The fourth-order valence-corrected chi connectivity index (χ4v) is 4.75. The molecule has 0 saturated heterocycles. The van der Waals surface area contributed by atoms with Crippen LogP contribution in [0.2, 0.25) is 0 Å². The van der Waals surface area contributed by atoms with Crippen molar-refractivity contribution in [3.63, 3.8) is 0 Å². The Morgan fingerprint density at radius 1 is 1.03 bits per heavy atom. The number of hydrogen-bond donors (Lipinski definition) is 1. The van der Waals surface area contributed by atoms with E-state index in [1.807, 2.05) is 30.3 Å². The van der Waals surface area contributed by atoms with E-state index < -0.39 is 28.3 Å². The minimum Gasteiger partial charge on any atom is -0.496 e. The molecule has 0 aliphatic rings. The summed E-state index contributed by atoms with van der Waals surface area (Å²) in [6, 6.07) is 19.4. The van der Waals surface area contributed by atoms with E-state index in [0.29, 0.717) is 17.7 Å². The number of halogens is 1. The number of carbonyl (C=O) groups excluding carboxylic acids is 1. The number of anilines is 1. The van der Waals surface area contributed by atoms with Crippen molar-refractivity contribution >= 4 is 21.6 Å². The average molecular weight is 457 g/mol. The number of benzene rings is 3. The number of hydrogen-bond acceptors (Lipinski definition) is 4. The molecule has 0 aromatic heterocycles. The van der Waals surface area contributed by atoms with Gasteiger partial charge in [0.25, 0.3) is 0 Å². The fourth-order valence-electron chi connectivity index (χ4n) is 3.27. The number of nitrogens with zero attached hydrogens (tertiary/aromatic N) is 1. The first-order chi connectivity index (χ1) is 15.3. The van der Waals surface area contributed by atoms with Crippen LogP contribution in [0.5, 0.6) is 5.75 Å². The van der Waals surface area contributed by atoms with E-state index in [0.717, 1.165) is 9.87 Å². The molecule has 32 heavy (non-hydrogen) atoms. The van der Waals surface area contributed by atoms with Crippen LogP contribution < -0.4 is 10.1 Å². The Hall–Kier alpha value is -3.23. The van der Waals surface area contributed by atoms with Crippen molar-refractivity contribution < 1.29 is 22.3 Å². The van der Waals surface area contributed by atoms with Gasteiger partial charge in [-0.15, -0.1) is 0 Å².